The quantitative estimate of drug-likeness (QED) is 0.783. The minimum Gasteiger partial charge on any atom is -0.475 e. The Morgan fingerprint density at radius 3 is 2.83 bits per heavy atom. The molecule has 1 N–H and O–H groups in total. The van der Waals surface area contributed by atoms with E-state index in [0.29, 0.717) is 37.7 Å². The van der Waals surface area contributed by atoms with Crippen LogP contribution in [-0.4, -0.2) is 73.7 Å². The van der Waals surface area contributed by atoms with E-state index in [1.807, 2.05) is 0 Å². The van der Waals surface area contributed by atoms with Crippen molar-refractivity contribution in [3.8, 4) is 5.88 Å². The number of likely N-dealkylation sites (tertiary alicyclic amines) is 1. The zero-order chi connectivity index (χ0) is 16.8. The number of hydrogen-bond donors (Lipinski definition) is 1. The Kier molecular flexibility index (Phi) is 5.75. The van der Waals surface area contributed by atoms with Crippen molar-refractivity contribution in [1.82, 2.24) is 14.8 Å². The summed E-state index contributed by atoms with van der Waals surface area (Å²) in [5, 5.41) is 2.72. The SMILES string of the molecule is COCCOc1ccc(NC(=O)N(C)[C@@H]2CCN(C)C2=O)cn1. The van der Waals surface area contributed by atoms with Crippen molar-refractivity contribution in [2.24, 2.45) is 0 Å². The number of nitrogens with zero attached hydrogens (tertiary/aromatic N) is 3. The van der Waals surface area contributed by atoms with Crippen LogP contribution < -0.4 is 10.1 Å². The van der Waals surface area contributed by atoms with Gasteiger partial charge in [-0.3, -0.25) is 4.79 Å². The molecule has 1 aliphatic heterocycles. The van der Waals surface area contributed by atoms with Crippen molar-refractivity contribution in [3.63, 3.8) is 0 Å². The summed E-state index contributed by atoms with van der Waals surface area (Å²) in [5.41, 5.74) is 0.541. The first-order valence-electron chi connectivity index (χ1n) is 7.39. The molecular formula is C15H22N4O4. The Morgan fingerprint density at radius 2 is 2.26 bits per heavy atom. The highest BCUT2D eigenvalue weighted by molar-refractivity contribution is 5.94. The molecule has 8 nitrogen and oxygen atoms in total. The molecule has 0 aliphatic carbocycles. The number of ether oxygens (including phenoxy) is 2. The van der Waals surface area contributed by atoms with Crippen LogP contribution in [0.1, 0.15) is 6.42 Å². The van der Waals surface area contributed by atoms with E-state index < -0.39 is 6.04 Å². The zero-order valence-electron chi connectivity index (χ0n) is 13.6. The maximum atomic E-state index is 12.2. The van der Waals surface area contributed by atoms with Gasteiger partial charge < -0.3 is 24.6 Å². The lowest BCUT2D eigenvalue weighted by Gasteiger charge is -2.23. The first-order chi connectivity index (χ1) is 11.0. The number of likely N-dealkylation sites (N-methyl/N-ethyl adjacent to an activating group) is 2. The molecule has 8 heteroatoms. The van der Waals surface area contributed by atoms with Crippen molar-refractivity contribution in [2.45, 2.75) is 12.5 Å². The molecule has 126 valence electrons. The standard InChI is InChI=1S/C15H22N4O4/c1-18-7-6-12(14(18)20)19(2)15(21)17-11-4-5-13(16-10-11)23-9-8-22-3/h4-5,10,12H,6-9H2,1-3H3,(H,17,21)/t12-/m1/s1. The Hall–Kier alpha value is -2.35. The van der Waals surface area contributed by atoms with Crippen molar-refractivity contribution in [3.05, 3.63) is 18.3 Å². The van der Waals surface area contributed by atoms with Gasteiger partial charge in [0.2, 0.25) is 11.8 Å². The largest absolute Gasteiger partial charge is 0.475 e. The number of anilines is 1. The van der Waals surface area contributed by atoms with E-state index in [0.717, 1.165) is 0 Å². The van der Waals surface area contributed by atoms with E-state index in [1.165, 1.54) is 11.1 Å². The van der Waals surface area contributed by atoms with Crippen LogP contribution in [0, 0.1) is 0 Å². The molecule has 1 aliphatic rings. The molecule has 1 saturated heterocycles. The van der Waals surface area contributed by atoms with Crippen LogP contribution in [0.2, 0.25) is 0 Å². The van der Waals surface area contributed by atoms with E-state index >= 15 is 0 Å². The number of methoxy groups -OCH3 is 1. The number of hydrogen-bond acceptors (Lipinski definition) is 5. The fourth-order valence-electron chi connectivity index (χ4n) is 2.29. The van der Waals surface area contributed by atoms with Crippen LogP contribution in [0.25, 0.3) is 0 Å². The lowest BCUT2D eigenvalue weighted by atomic mass is 10.2. The number of amides is 3. The minimum atomic E-state index is -0.412. The third-order valence-corrected chi connectivity index (χ3v) is 3.71. The molecule has 0 radical (unpaired) electrons. The van der Waals surface area contributed by atoms with Gasteiger partial charge in [-0.2, -0.15) is 0 Å². The Morgan fingerprint density at radius 1 is 1.48 bits per heavy atom. The second-order valence-corrected chi connectivity index (χ2v) is 5.33. The fraction of sp³-hybridized carbons (Fsp3) is 0.533. The Balaban J connectivity index is 1.88. The van der Waals surface area contributed by atoms with E-state index in [-0.39, 0.29) is 11.9 Å². The molecule has 23 heavy (non-hydrogen) atoms. The first kappa shape index (κ1) is 17.0. The third kappa shape index (κ3) is 4.32. The normalized spacial score (nSPS) is 17.3. The van der Waals surface area contributed by atoms with Gasteiger partial charge in [-0.1, -0.05) is 0 Å². The number of urea groups is 1. The summed E-state index contributed by atoms with van der Waals surface area (Å²) >= 11 is 0. The second kappa shape index (κ2) is 7.77. The molecule has 2 heterocycles. The van der Waals surface area contributed by atoms with Gasteiger partial charge in [0.25, 0.3) is 0 Å². The summed E-state index contributed by atoms with van der Waals surface area (Å²) in [6.45, 7) is 1.56. The summed E-state index contributed by atoms with van der Waals surface area (Å²) in [6.07, 6.45) is 2.15. The minimum absolute atomic E-state index is 0.0392. The van der Waals surface area contributed by atoms with Crippen LogP contribution in [0.3, 0.4) is 0 Å². The van der Waals surface area contributed by atoms with Crippen molar-refractivity contribution < 1.29 is 19.1 Å². The van der Waals surface area contributed by atoms with Gasteiger partial charge in [0.1, 0.15) is 12.6 Å². The number of carbonyl (C=O) groups is 2. The maximum Gasteiger partial charge on any atom is 0.322 e. The highest BCUT2D eigenvalue weighted by atomic mass is 16.5. The molecule has 3 amide bonds. The third-order valence-electron chi connectivity index (χ3n) is 3.71. The molecule has 1 aromatic heterocycles. The van der Waals surface area contributed by atoms with Gasteiger partial charge in [0.15, 0.2) is 0 Å². The molecule has 1 aromatic rings. The lowest BCUT2D eigenvalue weighted by Crippen LogP contribution is -2.44. The second-order valence-electron chi connectivity index (χ2n) is 5.33. The predicted molar refractivity (Wildman–Crippen MR) is 84.4 cm³/mol. The van der Waals surface area contributed by atoms with E-state index in [9.17, 15) is 9.59 Å². The predicted octanol–water partition coefficient (Wildman–Crippen LogP) is 0.801. The molecule has 0 aromatic carbocycles. The summed E-state index contributed by atoms with van der Waals surface area (Å²) in [4.78, 5) is 31.3. The summed E-state index contributed by atoms with van der Waals surface area (Å²) < 4.78 is 10.2. The molecule has 0 unspecified atom stereocenters. The van der Waals surface area contributed by atoms with Crippen molar-refractivity contribution in [1.29, 1.82) is 0 Å². The van der Waals surface area contributed by atoms with Crippen LogP contribution in [0.15, 0.2) is 18.3 Å². The molecular weight excluding hydrogens is 300 g/mol. The fourth-order valence-corrected chi connectivity index (χ4v) is 2.29. The van der Waals surface area contributed by atoms with Gasteiger partial charge in [-0.25, -0.2) is 9.78 Å². The molecule has 0 bridgehead atoms. The molecule has 1 fully saturated rings. The average Bonchev–Trinajstić information content (AvgIpc) is 2.88. The van der Waals surface area contributed by atoms with E-state index in [2.05, 4.69) is 10.3 Å². The highest BCUT2D eigenvalue weighted by Gasteiger charge is 2.34. The first-order valence-corrected chi connectivity index (χ1v) is 7.39. The number of rotatable bonds is 6. The topological polar surface area (TPSA) is 84.0 Å². The van der Waals surface area contributed by atoms with E-state index in [1.54, 1.807) is 38.2 Å². The molecule has 1 atom stereocenters. The van der Waals surface area contributed by atoms with Crippen molar-refractivity contribution in [2.75, 3.05) is 46.3 Å². The monoisotopic (exact) mass is 322 g/mol. The molecule has 0 spiro atoms. The number of nitrogens with one attached hydrogen (secondary N) is 1. The van der Waals surface area contributed by atoms with Gasteiger partial charge in [0.05, 0.1) is 18.5 Å². The van der Waals surface area contributed by atoms with Crippen LogP contribution in [0.5, 0.6) is 5.88 Å². The van der Waals surface area contributed by atoms with Crippen LogP contribution in [-0.2, 0) is 9.53 Å². The lowest BCUT2D eigenvalue weighted by molar-refractivity contribution is -0.129. The van der Waals surface area contributed by atoms with Crippen LogP contribution >= 0.6 is 0 Å². The van der Waals surface area contributed by atoms with Gasteiger partial charge in [-0.05, 0) is 12.5 Å². The van der Waals surface area contributed by atoms with Gasteiger partial charge in [-0.15, -0.1) is 0 Å². The summed E-state index contributed by atoms with van der Waals surface area (Å²) in [7, 11) is 4.95. The summed E-state index contributed by atoms with van der Waals surface area (Å²) in [5.74, 6) is 0.420. The summed E-state index contributed by atoms with van der Waals surface area (Å²) in [6, 6.07) is 2.61. The Bertz CT molecular complexity index is 549. The smallest absolute Gasteiger partial charge is 0.322 e. The molecule has 0 saturated carbocycles. The van der Waals surface area contributed by atoms with Gasteiger partial charge >= 0.3 is 6.03 Å². The number of aromatic nitrogens is 1. The van der Waals surface area contributed by atoms with Crippen LogP contribution in [0.4, 0.5) is 10.5 Å². The maximum absolute atomic E-state index is 12.2. The number of carbonyl (C=O) groups excluding carboxylic acids is 2. The van der Waals surface area contributed by atoms with Crippen molar-refractivity contribution >= 4 is 17.6 Å². The molecule has 2 rings (SSSR count). The Labute approximate surface area is 135 Å². The highest BCUT2D eigenvalue weighted by Crippen LogP contribution is 2.17. The zero-order valence-corrected chi connectivity index (χ0v) is 13.6. The van der Waals surface area contributed by atoms with Gasteiger partial charge in [0, 0.05) is 33.8 Å². The number of pyridine rings is 1. The van der Waals surface area contributed by atoms with E-state index in [4.69, 9.17) is 9.47 Å². The average molecular weight is 322 g/mol.